The SMILES string of the molecule is Cc1ccncc1-n1c2ccc(C3=CC=C4C=CC=CC4N3)cc2c2cc3c4c(c21)CCc1cc2c5cc(-c6ccc7ccccc7n6)ccc5n(-c5cnccc5C)c2c(c1-4)CC3. The van der Waals surface area contributed by atoms with Gasteiger partial charge in [-0.2, -0.15) is 0 Å². The van der Waals surface area contributed by atoms with Gasteiger partial charge in [0, 0.05) is 50.6 Å². The molecule has 6 heterocycles. The Hall–Kier alpha value is -7.83. The first-order valence-electron chi connectivity index (χ1n) is 22.5. The number of nitrogens with one attached hydrogen (secondary N) is 1. The molecule has 4 aliphatic rings. The lowest BCUT2D eigenvalue weighted by atomic mass is 9.74. The summed E-state index contributed by atoms with van der Waals surface area (Å²) in [6, 6.07) is 36.3. The lowest BCUT2D eigenvalue weighted by molar-refractivity contribution is 0.813. The molecule has 0 saturated heterocycles. The molecule has 3 aliphatic carbocycles. The highest BCUT2D eigenvalue weighted by molar-refractivity contribution is 6.17. The number of hydrogen-bond acceptors (Lipinski definition) is 4. The largest absolute Gasteiger partial charge is 0.374 e. The van der Waals surface area contributed by atoms with Crippen LogP contribution in [0.1, 0.15) is 38.9 Å². The Morgan fingerprint density at radius 1 is 0.594 bits per heavy atom. The summed E-state index contributed by atoms with van der Waals surface area (Å²) in [4.78, 5) is 14.5. The average molecular weight is 823 g/mol. The van der Waals surface area contributed by atoms with Crippen LogP contribution in [0.2, 0.25) is 0 Å². The first kappa shape index (κ1) is 35.7. The molecule has 5 aromatic heterocycles. The van der Waals surface area contributed by atoms with Gasteiger partial charge in [0.2, 0.25) is 0 Å². The second kappa shape index (κ2) is 13.3. The van der Waals surface area contributed by atoms with Crippen molar-refractivity contribution in [3.05, 3.63) is 203 Å². The highest BCUT2D eigenvalue weighted by atomic mass is 15.0. The van der Waals surface area contributed by atoms with Crippen LogP contribution in [0.25, 0.3) is 94.0 Å². The second-order valence-electron chi connectivity index (χ2n) is 18.0. The molecule has 14 rings (SSSR count). The van der Waals surface area contributed by atoms with E-state index in [9.17, 15) is 0 Å². The molecule has 1 N–H and O–H groups in total. The molecule has 0 bridgehead atoms. The van der Waals surface area contributed by atoms with Gasteiger partial charge in [0.25, 0.3) is 0 Å². The lowest BCUT2D eigenvalue weighted by Crippen LogP contribution is -2.30. The Morgan fingerprint density at radius 3 is 1.91 bits per heavy atom. The number of benzene rings is 5. The Balaban J connectivity index is 1.03. The Labute approximate surface area is 370 Å². The third-order valence-corrected chi connectivity index (χ3v) is 14.5. The monoisotopic (exact) mass is 822 g/mol. The number of hydrogen-bond donors (Lipinski definition) is 1. The topological polar surface area (TPSA) is 60.6 Å². The van der Waals surface area contributed by atoms with Crippen LogP contribution in [0.4, 0.5) is 0 Å². The van der Waals surface area contributed by atoms with E-state index >= 15 is 0 Å². The van der Waals surface area contributed by atoms with E-state index in [0.29, 0.717) is 0 Å². The summed E-state index contributed by atoms with van der Waals surface area (Å²) in [7, 11) is 0. The first-order valence-corrected chi connectivity index (χ1v) is 22.5. The van der Waals surface area contributed by atoms with E-state index in [1.807, 2.05) is 18.6 Å². The fraction of sp³-hybridized carbons (Fsp3) is 0.121. The maximum absolute atomic E-state index is 5.13. The van der Waals surface area contributed by atoms with E-state index in [2.05, 4.69) is 168 Å². The summed E-state index contributed by atoms with van der Waals surface area (Å²) < 4.78 is 5.04. The number of aryl methyl sites for hydroxylation is 6. The normalized spacial score (nSPS) is 16.1. The summed E-state index contributed by atoms with van der Waals surface area (Å²) in [5.74, 6) is 0. The first-order chi connectivity index (χ1) is 31.6. The summed E-state index contributed by atoms with van der Waals surface area (Å²) >= 11 is 0. The van der Waals surface area contributed by atoms with Gasteiger partial charge in [0.1, 0.15) is 0 Å². The van der Waals surface area contributed by atoms with Gasteiger partial charge in [0.05, 0.1) is 63.1 Å². The molecule has 0 spiro atoms. The van der Waals surface area contributed by atoms with Gasteiger partial charge in [-0.05, 0) is 162 Å². The molecule has 10 aromatic rings. The van der Waals surface area contributed by atoms with E-state index in [-0.39, 0.29) is 6.04 Å². The van der Waals surface area contributed by atoms with Gasteiger partial charge in [0.15, 0.2) is 0 Å². The number of rotatable bonds is 4. The van der Waals surface area contributed by atoms with Crippen LogP contribution >= 0.6 is 0 Å². The number of allylic oxidation sites excluding steroid dienone is 4. The van der Waals surface area contributed by atoms with Crippen LogP contribution in [0.15, 0.2) is 164 Å². The number of fused-ring (bicyclic) bond motifs is 10. The van der Waals surface area contributed by atoms with Crippen molar-refractivity contribution in [1.29, 1.82) is 0 Å². The third-order valence-electron chi connectivity index (χ3n) is 14.5. The molecule has 0 saturated carbocycles. The Kier molecular flexibility index (Phi) is 7.45. The Morgan fingerprint density at radius 2 is 1.23 bits per heavy atom. The second-order valence-corrected chi connectivity index (χ2v) is 18.0. The van der Waals surface area contributed by atoms with Crippen molar-refractivity contribution in [2.75, 3.05) is 0 Å². The molecule has 1 aliphatic heterocycles. The summed E-state index contributed by atoms with van der Waals surface area (Å²) in [6.07, 6.45) is 25.0. The summed E-state index contributed by atoms with van der Waals surface area (Å²) in [6.45, 7) is 4.42. The lowest BCUT2D eigenvalue weighted by Gasteiger charge is -2.31. The Bertz CT molecular complexity index is 3850. The molecule has 1 atom stereocenters. The van der Waals surface area contributed by atoms with Crippen LogP contribution in [0, 0.1) is 13.8 Å². The zero-order chi connectivity index (χ0) is 42.2. The van der Waals surface area contributed by atoms with Crippen molar-refractivity contribution in [3.8, 4) is 33.8 Å². The van der Waals surface area contributed by atoms with Crippen LogP contribution < -0.4 is 5.32 Å². The predicted octanol–water partition coefficient (Wildman–Crippen LogP) is 12.7. The molecular weight excluding hydrogens is 781 g/mol. The smallest absolute Gasteiger partial charge is 0.0709 e. The van der Waals surface area contributed by atoms with Crippen molar-refractivity contribution in [1.82, 2.24) is 29.4 Å². The third kappa shape index (κ3) is 5.05. The molecule has 6 heteroatoms. The van der Waals surface area contributed by atoms with Gasteiger partial charge in [-0.3, -0.25) is 9.97 Å². The number of nitrogens with zero attached hydrogens (tertiary/aromatic N) is 5. The van der Waals surface area contributed by atoms with Crippen molar-refractivity contribution in [3.63, 3.8) is 0 Å². The zero-order valence-electron chi connectivity index (χ0n) is 35.7. The maximum Gasteiger partial charge on any atom is 0.0709 e. The fourth-order valence-electron chi connectivity index (χ4n) is 11.5. The van der Waals surface area contributed by atoms with Crippen LogP contribution in [0.3, 0.4) is 0 Å². The van der Waals surface area contributed by atoms with E-state index < -0.39 is 0 Å². The molecule has 1 unspecified atom stereocenters. The van der Waals surface area contributed by atoms with Gasteiger partial charge < -0.3 is 14.5 Å². The molecule has 64 heavy (non-hydrogen) atoms. The highest BCUT2D eigenvalue weighted by Gasteiger charge is 2.33. The van der Waals surface area contributed by atoms with Gasteiger partial charge >= 0.3 is 0 Å². The molecule has 6 nitrogen and oxygen atoms in total. The number of pyridine rings is 3. The van der Waals surface area contributed by atoms with Crippen molar-refractivity contribution in [2.24, 2.45) is 0 Å². The molecule has 5 aromatic carbocycles. The zero-order valence-corrected chi connectivity index (χ0v) is 35.7. The van der Waals surface area contributed by atoms with Crippen molar-refractivity contribution in [2.45, 2.75) is 45.6 Å². The van der Waals surface area contributed by atoms with E-state index in [4.69, 9.17) is 15.0 Å². The van der Waals surface area contributed by atoms with Gasteiger partial charge in [-0.1, -0.05) is 66.8 Å². The molecule has 0 radical (unpaired) electrons. The van der Waals surface area contributed by atoms with Gasteiger partial charge in [-0.15, -0.1) is 0 Å². The minimum atomic E-state index is 0.182. The molecule has 0 fully saturated rings. The number of dihydropyridines is 1. The van der Waals surface area contributed by atoms with Crippen molar-refractivity contribution >= 4 is 60.2 Å². The van der Waals surface area contributed by atoms with Gasteiger partial charge in [-0.25, -0.2) is 4.98 Å². The molecule has 304 valence electrons. The average Bonchev–Trinajstić information content (AvgIpc) is 3.84. The maximum atomic E-state index is 5.13. The van der Waals surface area contributed by atoms with Crippen LogP contribution in [-0.2, 0) is 25.7 Å². The summed E-state index contributed by atoms with van der Waals surface area (Å²) in [5.41, 5.74) is 25.1. The number of para-hydroxylation sites is 1. The van der Waals surface area contributed by atoms with Crippen molar-refractivity contribution < 1.29 is 0 Å². The highest BCUT2D eigenvalue weighted by Crippen LogP contribution is 2.51. The van der Waals surface area contributed by atoms with Crippen LogP contribution in [-0.4, -0.2) is 30.1 Å². The standard InChI is InChI=1S/C58H42N6/c1-33-23-25-59-31-53(33)63-51-21-15-37(49-19-13-35-7-3-5-9-47(35)61-49)27-43(51)45-29-39-12-18-42-56-40(11-17-41(55(39)56)57(45)63)30-46-44-28-38(50-20-14-36-8-4-6-10-48(36)62-50)16-22-52(44)64(58(42)46)54-32-60-26-24-34(54)2/h3-10,13-16,19-32,47,61H,11-12,17-18H2,1-2H3. The van der Waals surface area contributed by atoms with E-state index in [0.717, 1.165) is 64.9 Å². The van der Waals surface area contributed by atoms with E-state index in [1.165, 1.54) is 99.3 Å². The fourth-order valence-corrected chi connectivity index (χ4v) is 11.5. The van der Waals surface area contributed by atoms with E-state index in [1.54, 1.807) is 0 Å². The minimum Gasteiger partial charge on any atom is -0.374 e. The molecular formula is C58H42N6. The predicted molar refractivity (Wildman–Crippen MR) is 262 cm³/mol. The van der Waals surface area contributed by atoms with Crippen LogP contribution in [0.5, 0.6) is 0 Å². The summed E-state index contributed by atoms with van der Waals surface area (Å²) in [5, 5.41) is 10.1. The molecule has 0 amide bonds. The quantitative estimate of drug-likeness (QED) is 0.192. The number of aromatic nitrogens is 5. The minimum absolute atomic E-state index is 0.182.